The number of phenolic OH excluding ortho intramolecular Hbond substituents is 1. The lowest BCUT2D eigenvalue weighted by atomic mass is 10.1. The number of urea groups is 1. The quantitative estimate of drug-likeness (QED) is 0.215. The molecule has 0 aliphatic carbocycles. The van der Waals surface area contributed by atoms with Crippen molar-refractivity contribution in [3.63, 3.8) is 0 Å². The molecular formula is C28H19ClN4O5. The summed E-state index contributed by atoms with van der Waals surface area (Å²) in [4.78, 5) is 21.1. The van der Waals surface area contributed by atoms with Crippen molar-refractivity contribution in [3.8, 4) is 23.1 Å². The number of carbonyl (C=O) groups excluding carboxylic acids is 1. The molecule has 0 saturated carbocycles. The van der Waals surface area contributed by atoms with Gasteiger partial charge in [0.25, 0.3) is 0 Å². The number of nitrogens with one attached hydrogen (secondary N) is 2. The van der Waals surface area contributed by atoms with Gasteiger partial charge in [-0.2, -0.15) is 0 Å². The van der Waals surface area contributed by atoms with Crippen molar-refractivity contribution in [1.82, 2.24) is 9.97 Å². The summed E-state index contributed by atoms with van der Waals surface area (Å²) in [6.07, 6.45) is 1.33. The van der Waals surface area contributed by atoms with Crippen LogP contribution in [0, 0.1) is 0 Å². The number of carbonyl (C=O) groups is 1. The van der Waals surface area contributed by atoms with Crippen LogP contribution >= 0.6 is 11.6 Å². The van der Waals surface area contributed by atoms with Crippen LogP contribution in [0.2, 0.25) is 5.02 Å². The number of aromatic nitrogens is 2. The van der Waals surface area contributed by atoms with E-state index in [1.54, 1.807) is 30.3 Å². The monoisotopic (exact) mass is 526 g/mol. The molecule has 0 spiro atoms. The minimum atomic E-state index is -0.484. The molecule has 0 radical (unpaired) electrons. The number of phenols is 1. The molecule has 0 saturated heterocycles. The number of benzene rings is 4. The molecule has 188 valence electrons. The largest absolute Gasteiger partial charge is 0.504 e. The van der Waals surface area contributed by atoms with E-state index in [-0.39, 0.29) is 22.4 Å². The summed E-state index contributed by atoms with van der Waals surface area (Å²) in [6, 6.07) is 20.6. The van der Waals surface area contributed by atoms with Crippen LogP contribution in [0.1, 0.15) is 0 Å². The molecule has 0 unspecified atom stereocenters. The molecule has 9 nitrogen and oxygen atoms in total. The van der Waals surface area contributed by atoms with Crippen molar-refractivity contribution in [1.29, 1.82) is 0 Å². The van der Waals surface area contributed by atoms with Gasteiger partial charge in [0.2, 0.25) is 5.88 Å². The molecule has 10 heteroatoms. The fourth-order valence-corrected chi connectivity index (χ4v) is 4.40. The lowest BCUT2D eigenvalue weighted by molar-refractivity contribution is 0.262. The first-order chi connectivity index (χ1) is 18.5. The van der Waals surface area contributed by atoms with Crippen LogP contribution < -0.4 is 20.1 Å². The van der Waals surface area contributed by atoms with E-state index in [4.69, 9.17) is 25.5 Å². The fraction of sp³-hybridized carbons (Fsp3) is 0.0357. The molecule has 0 atom stereocenters. The normalized spacial score (nSPS) is 11.1. The number of para-hydroxylation sites is 2. The van der Waals surface area contributed by atoms with E-state index >= 15 is 0 Å². The minimum absolute atomic E-state index is 0.0436. The Balaban J connectivity index is 1.21. The van der Waals surface area contributed by atoms with Crippen LogP contribution in [0.3, 0.4) is 0 Å². The number of fused-ring (bicyclic) bond motifs is 4. The number of ether oxygens (including phenoxy) is 2. The molecule has 0 fully saturated rings. The van der Waals surface area contributed by atoms with E-state index in [2.05, 4.69) is 20.6 Å². The Kier molecular flexibility index (Phi) is 5.82. The number of aromatic hydroxyl groups is 1. The number of rotatable bonds is 5. The van der Waals surface area contributed by atoms with Gasteiger partial charge >= 0.3 is 6.03 Å². The third kappa shape index (κ3) is 4.25. The zero-order valence-corrected chi connectivity index (χ0v) is 20.6. The Morgan fingerprint density at radius 1 is 0.921 bits per heavy atom. The van der Waals surface area contributed by atoms with Crippen LogP contribution in [-0.2, 0) is 0 Å². The molecule has 6 rings (SSSR count). The average molecular weight is 527 g/mol. The fourth-order valence-electron chi connectivity index (χ4n) is 4.19. The lowest BCUT2D eigenvalue weighted by Crippen LogP contribution is -2.19. The average Bonchev–Trinajstić information content (AvgIpc) is 3.30. The van der Waals surface area contributed by atoms with Crippen molar-refractivity contribution in [2.24, 2.45) is 0 Å². The SMILES string of the molecule is COc1cc2c(Oc3ccc(NC(=O)Nc4cccc5c4oc4ccccc45)c(Cl)c3)ncnc2cc1O. The molecule has 3 N–H and O–H groups in total. The van der Waals surface area contributed by atoms with Crippen LogP contribution in [0.5, 0.6) is 23.1 Å². The molecule has 38 heavy (non-hydrogen) atoms. The van der Waals surface area contributed by atoms with Gasteiger partial charge < -0.3 is 29.6 Å². The Morgan fingerprint density at radius 2 is 1.74 bits per heavy atom. The summed E-state index contributed by atoms with van der Waals surface area (Å²) in [5.41, 5.74) is 2.72. The van der Waals surface area contributed by atoms with Crippen LogP contribution in [-0.4, -0.2) is 28.2 Å². The molecule has 0 aliphatic rings. The Morgan fingerprint density at radius 3 is 2.58 bits per heavy atom. The first kappa shape index (κ1) is 23.4. The number of hydrogen-bond acceptors (Lipinski definition) is 7. The maximum absolute atomic E-state index is 12.8. The molecule has 0 bridgehead atoms. The van der Waals surface area contributed by atoms with Gasteiger partial charge in [0.1, 0.15) is 17.7 Å². The Hall–Kier alpha value is -5.02. The lowest BCUT2D eigenvalue weighted by Gasteiger charge is -2.12. The predicted molar refractivity (Wildman–Crippen MR) is 146 cm³/mol. The van der Waals surface area contributed by atoms with Crippen molar-refractivity contribution in [3.05, 3.63) is 84.1 Å². The maximum atomic E-state index is 12.8. The highest BCUT2D eigenvalue weighted by Crippen LogP contribution is 2.37. The van der Waals surface area contributed by atoms with Crippen molar-refractivity contribution in [2.45, 2.75) is 0 Å². The third-order valence-electron chi connectivity index (χ3n) is 5.96. The summed E-state index contributed by atoms with van der Waals surface area (Å²) in [5, 5.41) is 18.3. The zero-order chi connectivity index (χ0) is 26.2. The van der Waals surface area contributed by atoms with Gasteiger partial charge in [-0.15, -0.1) is 0 Å². The van der Waals surface area contributed by atoms with E-state index in [1.165, 1.54) is 19.5 Å². The van der Waals surface area contributed by atoms with Crippen molar-refractivity contribution < 1.29 is 23.8 Å². The van der Waals surface area contributed by atoms with E-state index in [1.807, 2.05) is 36.4 Å². The van der Waals surface area contributed by atoms with Crippen LogP contribution in [0.15, 0.2) is 83.5 Å². The summed E-state index contributed by atoms with van der Waals surface area (Å²) in [6.45, 7) is 0. The number of halogens is 1. The van der Waals surface area contributed by atoms with Crippen LogP contribution in [0.4, 0.5) is 16.2 Å². The van der Waals surface area contributed by atoms with Gasteiger partial charge in [0.15, 0.2) is 17.1 Å². The second-order valence-corrected chi connectivity index (χ2v) is 8.73. The van der Waals surface area contributed by atoms with Crippen molar-refractivity contribution in [2.75, 3.05) is 17.7 Å². The highest BCUT2D eigenvalue weighted by Gasteiger charge is 2.15. The molecule has 2 aromatic heterocycles. The van der Waals surface area contributed by atoms with Gasteiger partial charge in [0, 0.05) is 22.9 Å². The smallest absolute Gasteiger partial charge is 0.323 e. The van der Waals surface area contributed by atoms with Gasteiger partial charge in [-0.05, 0) is 30.3 Å². The first-order valence-corrected chi connectivity index (χ1v) is 11.9. The molecule has 0 aliphatic heterocycles. The minimum Gasteiger partial charge on any atom is -0.504 e. The molecular weight excluding hydrogens is 508 g/mol. The number of furan rings is 1. The van der Waals surface area contributed by atoms with Gasteiger partial charge in [0.05, 0.1) is 34.4 Å². The molecule has 2 heterocycles. The van der Waals surface area contributed by atoms with Gasteiger partial charge in [-0.3, -0.25) is 0 Å². The predicted octanol–water partition coefficient (Wildman–Crippen LogP) is 7.33. The van der Waals surface area contributed by atoms with Crippen molar-refractivity contribution >= 4 is 61.8 Å². The zero-order valence-electron chi connectivity index (χ0n) is 19.9. The maximum Gasteiger partial charge on any atom is 0.323 e. The number of nitrogens with zero attached hydrogens (tertiary/aromatic N) is 2. The summed E-state index contributed by atoms with van der Waals surface area (Å²) >= 11 is 6.45. The van der Waals surface area contributed by atoms with E-state index in [9.17, 15) is 9.90 Å². The third-order valence-corrected chi connectivity index (χ3v) is 6.27. The van der Waals surface area contributed by atoms with E-state index in [0.29, 0.717) is 33.6 Å². The highest BCUT2D eigenvalue weighted by molar-refractivity contribution is 6.34. The number of methoxy groups -OCH3 is 1. The Bertz CT molecular complexity index is 1850. The molecule has 4 aromatic carbocycles. The van der Waals surface area contributed by atoms with E-state index in [0.717, 1.165) is 16.4 Å². The second kappa shape index (κ2) is 9.45. The highest BCUT2D eigenvalue weighted by atomic mass is 35.5. The molecule has 2 amide bonds. The number of amides is 2. The van der Waals surface area contributed by atoms with Gasteiger partial charge in [-0.25, -0.2) is 14.8 Å². The van der Waals surface area contributed by atoms with E-state index < -0.39 is 6.03 Å². The standard InChI is InChI=1S/C28H19ClN4O5/c1-36-25-12-18-22(13-23(25)34)30-14-31-27(18)37-15-9-10-20(19(29)11-15)32-28(35)33-21-7-4-6-17-16-5-2-3-8-24(16)38-26(17)21/h2-14,34H,1H3,(H2,32,33,35). The first-order valence-electron chi connectivity index (χ1n) is 11.5. The number of hydrogen-bond donors (Lipinski definition) is 3. The second-order valence-electron chi connectivity index (χ2n) is 8.32. The summed E-state index contributed by atoms with van der Waals surface area (Å²) in [7, 11) is 1.45. The molecule has 6 aromatic rings. The van der Waals surface area contributed by atoms with Gasteiger partial charge in [-0.1, -0.05) is 41.9 Å². The Labute approximate surface area is 220 Å². The summed E-state index contributed by atoms with van der Waals surface area (Å²) < 4.78 is 17.1. The number of anilines is 2. The van der Waals surface area contributed by atoms with Crippen LogP contribution in [0.25, 0.3) is 32.8 Å². The topological polar surface area (TPSA) is 119 Å². The summed E-state index contributed by atoms with van der Waals surface area (Å²) in [5.74, 6) is 0.860.